The molecule has 1 saturated carbocycles. The molecule has 1 aliphatic heterocycles. The second kappa shape index (κ2) is 3.11. The quantitative estimate of drug-likeness (QED) is 0.612. The first-order valence-electron chi connectivity index (χ1n) is 4.73. The molecular formula is C9H17NO. The summed E-state index contributed by atoms with van der Waals surface area (Å²) in [5.74, 6) is 2.35. The SMILES string of the molecule is OCC1CNCCC1C1CC1. The summed E-state index contributed by atoms with van der Waals surface area (Å²) in [5.41, 5.74) is 0. The van der Waals surface area contributed by atoms with Crippen molar-refractivity contribution in [1.29, 1.82) is 0 Å². The van der Waals surface area contributed by atoms with E-state index in [9.17, 15) is 0 Å². The second-order valence-corrected chi connectivity index (χ2v) is 3.94. The standard InChI is InChI=1S/C9H17NO/c11-6-8-5-10-4-3-9(8)7-1-2-7/h7-11H,1-6H2. The third kappa shape index (κ3) is 1.57. The monoisotopic (exact) mass is 155 g/mol. The highest BCUT2D eigenvalue weighted by atomic mass is 16.3. The van der Waals surface area contributed by atoms with E-state index in [0.29, 0.717) is 12.5 Å². The zero-order valence-corrected chi connectivity index (χ0v) is 6.92. The zero-order chi connectivity index (χ0) is 7.68. The van der Waals surface area contributed by atoms with E-state index in [-0.39, 0.29) is 0 Å². The molecule has 2 atom stereocenters. The molecule has 2 N–H and O–H groups in total. The molecule has 64 valence electrons. The molecule has 2 aliphatic rings. The Morgan fingerprint density at radius 1 is 1.27 bits per heavy atom. The molecule has 0 aromatic carbocycles. The summed E-state index contributed by atoms with van der Waals surface area (Å²) in [4.78, 5) is 0. The molecular weight excluding hydrogens is 138 g/mol. The van der Waals surface area contributed by atoms with Gasteiger partial charge in [0, 0.05) is 13.2 Å². The van der Waals surface area contributed by atoms with Crippen LogP contribution < -0.4 is 5.32 Å². The molecule has 2 rings (SSSR count). The average Bonchev–Trinajstić information content (AvgIpc) is 2.87. The minimum Gasteiger partial charge on any atom is -0.396 e. The summed E-state index contributed by atoms with van der Waals surface area (Å²) in [6.45, 7) is 2.59. The van der Waals surface area contributed by atoms with Crippen molar-refractivity contribution in [2.24, 2.45) is 17.8 Å². The van der Waals surface area contributed by atoms with Gasteiger partial charge in [0.1, 0.15) is 0 Å². The van der Waals surface area contributed by atoms with Crippen LogP contribution >= 0.6 is 0 Å². The summed E-state index contributed by atoms with van der Waals surface area (Å²) in [7, 11) is 0. The van der Waals surface area contributed by atoms with E-state index in [1.54, 1.807) is 0 Å². The molecule has 2 nitrogen and oxygen atoms in total. The summed E-state index contributed by atoms with van der Waals surface area (Å²) in [6.07, 6.45) is 4.12. The molecule has 1 aliphatic carbocycles. The zero-order valence-electron chi connectivity index (χ0n) is 6.92. The van der Waals surface area contributed by atoms with Crippen LogP contribution in [0.2, 0.25) is 0 Å². The first-order chi connectivity index (χ1) is 5.42. The summed E-state index contributed by atoms with van der Waals surface area (Å²) in [5, 5.41) is 12.4. The minimum absolute atomic E-state index is 0.383. The van der Waals surface area contributed by atoms with Gasteiger partial charge in [0.2, 0.25) is 0 Å². The Morgan fingerprint density at radius 2 is 2.09 bits per heavy atom. The minimum atomic E-state index is 0.383. The summed E-state index contributed by atoms with van der Waals surface area (Å²) < 4.78 is 0. The van der Waals surface area contributed by atoms with Crippen LogP contribution in [0, 0.1) is 17.8 Å². The Morgan fingerprint density at radius 3 is 2.73 bits per heavy atom. The Kier molecular flexibility index (Phi) is 2.14. The number of aliphatic hydroxyl groups excluding tert-OH is 1. The predicted molar refractivity (Wildman–Crippen MR) is 44.3 cm³/mol. The van der Waals surface area contributed by atoms with Crippen molar-refractivity contribution >= 4 is 0 Å². The van der Waals surface area contributed by atoms with Gasteiger partial charge >= 0.3 is 0 Å². The topological polar surface area (TPSA) is 32.3 Å². The van der Waals surface area contributed by atoms with Crippen molar-refractivity contribution in [3.8, 4) is 0 Å². The fraction of sp³-hybridized carbons (Fsp3) is 1.00. The molecule has 0 aromatic rings. The summed E-state index contributed by atoms with van der Waals surface area (Å²) in [6, 6.07) is 0. The molecule has 2 heteroatoms. The van der Waals surface area contributed by atoms with Crippen LogP contribution in [-0.2, 0) is 0 Å². The Hall–Kier alpha value is -0.0800. The van der Waals surface area contributed by atoms with Crippen LogP contribution in [0.3, 0.4) is 0 Å². The van der Waals surface area contributed by atoms with Crippen molar-refractivity contribution in [2.75, 3.05) is 19.7 Å². The lowest BCUT2D eigenvalue weighted by atomic mass is 9.83. The van der Waals surface area contributed by atoms with Gasteiger partial charge in [-0.25, -0.2) is 0 Å². The normalized spacial score (nSPS) is 39.0. The lowest BCUT2D eigenvalue weighted by Crippen LogP contribution is -2.39. The largest absolute Gasteiger partial charge is 0.396 e. The van der Waals surface area contributed by atoms with E-state index >= 15 is 0 Å². The van der Waals surface area contributed by atoms with Gasteiger partial charge < -0.3 is 10.4 Å². The van der Waals surface area contributed by atoms with Crippen LogP contribution in [0.1, 0.15) is 19.3 Å². The number of aliphatic hydroxyl groups is 1. The maximum atomic E-state index is 9.10. The smallest absolute Gasteiger partial charge is 0.0474 e. The highest BCUT2D eigenvalue weighted by Crippen LogP contribution is 2.42. The van der Waals surface area contributed by atoms with Gasteiger partial charge in [0.05, 0.1) is 0 Å². The Bertz CT molecular complexity index is 134. The van der Waals surface area contributed by atoms with Gasteiger partial charge in [-0.05, 0) is 43.6 Å². The van der Waals surface area contributed by atoms with E-state index in [2.05, 4.69) is 5.32 Å². The van der Waals surface area contributed by atoms with E-state index in [0.717, 1.165) is 24.9 Å². The molecule has 0 spiro atoms. The number of rotatable bonds is 2. The average molecular weight is 155 g/mol. The molecule has 2 fully saturated rings. The maximum Gasteiger partial charge on any atom is 0.0474 e. The van der Waals surface area contributed by atoms with Crippen molar-refractivity contribution in [3.05, 3.63) is 0 Å². The Balaban J connectivity index is 1.91. The molecule has 11 heavy (non-hydrogen) atoms. The fourth-order valence-electron chi connectivity index (χ4n) is 2.29. The van der Waals surface area contributed by atoms with E-state index in [1.807, 2.05) is 0 Å². The second-order valence-electron chi connectivity index (χ2n) is 3.94. The van der Waals surface area contributed by atoms with Gasteiger partial charge in [-0.1, -0.05) is 0 Å². The van der Waals surface area contributed by atoms with Crippen LogP contribution in [0.25, 0.3) is 0 Å². The highest BCUT2D eigenvalue weighted by molar-refractivity contribution is 4.88. The third-order valence-corrected chi connectivity index (χ3v) is 3.13. The number of nitrogens with one attached hydrogen (secondary N) is 1. The van der Waals surface area contributed by atoms with Crippen molar-refractivity contribution < 1.29 is 5.11 Å². The molecule has 1 saturated heterocycles. The van der Waals surface area contributed by atoms with Crippen molar-refractivity contribution in [2.45, 2.75) is 19.3 Å². The van der Waals surface area contributed by atoms with Crippen LogP contribution in [-0.4, -0.2) is 24.8 Å². The number of hydrogen-bond acceptors (Lipinski definition) is 2. The fourth-order valence-corrected chi connectivity index (χ4v) is 2.29. The van der Waals surface area contributed by atoms with Gasteiger partial charge in [0.25, 0.3) is 0 Å². The van der Waals surface area contributed by atoms with E-state index in [4.69, 9.17) is 5.11 Å². The number of hydrogen-bond donors (Lipinski definition) is 2. The third-order valence-electron chi connectivity index (χ3n) is 3.13. The van der Waals surface area contributed by atoms with Crippen molar-refractivity contribution in [1.82, 2.24) is 5.32 Å². The predicted octanol–water partition coefficient (Wildman–Crippen LogP) is 0.614. The maximum absolute atomic E-state index is 9.10. The van der Waals surface area contributed by atoms with Gasteiger partial charge in [-0.15, -0.1) is 0 Å². The molecule has 0 bridgehead atoms. The van der Waals surface area contributed by atoms with Crippen molar-refractivity contribution in [3.63, 3.8) is 0 Å². The van der Waals surface area contributed by atoms with Gasteiger partial charge in [-0.3, -0.25) is 0 Å². The van der Waals surface area contributed by atoms with Crippen LogP contribution in [0.5, 0.6) is 0 Å². The first kappa shape index (κ1) is 7.56. The van der Waals surface area contributed by atoms with Crippen LogP contribution in [0.4, 0.5) is 0 Å². The highest BCUT2D eigenvalue weighted by Gasteiger charge is 2.37. The molecule has 0 radical (unpaired) electrons. The van der Waals surface area contributed by atoms with Gasteiger partial charge in [-0.2, -0.15) is 0 Å². The summed E-state index contributed by atoms with van der Waals surface area (Å²) >= 11 is 0. The molecule has 2 unspecified atom stereocenters. The van der Waals surface area contributed by atoms with E-state index < -0.39 is 0 Å². The lowest BCUT2D eigenvalue weighted by molar-refractivity contribution is 0.132. The Labute approximate surface area is 68.0 Å². The van der Waals surface area contributed by atoms with Crippen LogP contribution in [0.15, 0.2) is 0 Å². The van der Waals surface area contributed by atoms with Gasteiger partial charge in [0.15, 0.2) is 0 Å². The first-order valence-corrected chi connectivity index (χ1v) is 4.73. The molecule has 0 amide bonds. The van der Waals surface area contributed by atoms with E-state index in [1.165, 1.54) is 19.3 Å². The molecule has 0 aromatic heterocycles. The lowest BCUT2D eigenvalue weighted by Gasteiger charge is -2.30. The molecule has 1 heterocycles. The number of piperidine rings is 1.